The Bertz CT molecular complexity index is 768. The number of nitrogens with one attached hydrogen (secondary N) is 1. The molecular formula is C12H9ClFIN2O2S. The SMILES string of the molecule is Nc1ccc(F)cc1S(=O)(=O)Nc1ccc(Cl)cc1I. The van der Waals surface area contributed by atoms with E-state index < -0.39 is 15.8 Å². The van der Waals surface area contributed by atoms with Gasteiger partial charge in [-0.1, -0.05) is 11.6 Å². The molecule has 0 atom stereocenters. The summed E-state index contributed by atoms with van der Waals surface area (Å²) in [6.07, 6.45) is 0. The molecule has 4 nitrogen and oxygen atoms in total. The van der Waals surface area contributed by atoms with Crippen molar-refractivity contribution in [2.24, 2.45) is 0 Å². The lowest BCUT2D eigenvalue weighted by Gasteiger charge is -2.11. The van der Waals surface area contributed by atoms with Gasteiger partial charge >= 0.3 is 0 Å². The van der Waals surface area contributed by atoms with E-state index in [1.807, 2.05) is 22.6 Å². The lowest BCUT2D eigenvalue weighted by Crippen LogP contribution is -2.15. The molecule has 0 heterocycles. The summed E-state index contributed by atoms with van der Waals surface area (Å²) >= 11 is 7.74. The van der Waals surface area contributed by atoms with Crippen molar-refractivity contribution in [3.05, 3.63) is 50.8 Å². The molecule has 2 aromatic carbocycles. The topological polar surface area (TPSA) is 72.2 Å². The lowest BCUT2D eigenvalue weighted by molar-refractivity contribution is 0.596. The van der Waals surface area contributed by atoms with Gasteiger partial charge in [0, 0.05) is 8.59 Å². The number of rotatable bonds is 3. The first kappa shape index (κ1) is 15.3. The number of nitrogens with two attached hydrogens (primary N) is 1. The van der Waals surface area contributed by atoms with Crippen LogP contribution in [0.1, 0.15) is 0 Å². The molecule has 20 heavy (non-hydrogen) atoms. The third kappa shape index (κ3) is 3.33. The van der Waals surface area contributed by atoms with E-state index in [-0.39, 0.29) is 10.6 Å². The number of nitrogen functional groups attached to an aromatic ring is 1. The predicted molar refractivity (Wildman–Crippen MR) is 85.8 cm³/mol. The van der Waals surface area contributed by atoms with Gasteiger partial charge < -0.3 is 5.73 Å². The molecule has 106 valence electrons. The minimum absolute atomic E-state index is 0.0251. The monoisotopic (exact) mass is 426 g/mol. The first-order valence-corrected chi connectivity index (χ1v) is 8.26. The van der Waals surface area contributed by atoms with E-state index in [4.69, 9.17) is 17.3 Å². The zero-order valence-electron chi connectivity index (χ0n) is 9.90. The van der Waals surface area contributed by atoms with Crippen molar-refractivity contribution in [2.45, 2.75) is 4.90 Å². The molecule has 0 radical (unpaired) electrons. The maximum atomic E-state index is 13.2. The molecule has 0 saturated heterocycles. The van der Waals surface area contributed by atoms with Crippen LogP contribution in [0.2, 0.25) is 5.02 Å². The molecule has 0 bridgehead atoms. The lowest BCUT2D eigenvalue weighted by atomic mass is 10.3. The Kier molecular flexibility index (Phi) is 4.40. The van der Waals surface area contributed by atoms with Crippen LogP contribution in [0.25, 0.3) is 0 Å². The molecule has 2 aromatic rings. The van der Waals surface area contributed by atoms with Gasteiger partial charge in [0.05, 0.1) is 11.4 Å². The summed E-state index contributed by atoms with van der Waals surface area (Å²) in [6.45, 7) is 0. The summed E-state index contributed by atoms with van der Waals surface area (Å²) in [6, 6.07) is 7.86. The number of hydrogen-bond acceptors (Lipinski definition) is 3. The van der Waals surface area contributed by atoms with E-state index in [1.165, 1.54) is 12.1 Å². The van der Waals surface area contributed by atoms with Crippen molar-refractivity contribution in [3.8, 4) is 0 Å². The summed E-state index contributed by atoms with van der Waals surface area (Å²) in [5.41, 5.74) is 5.90. The number of hydrogen-bond donors (Lipinski definition) is 2. The molecule has 0 unspecified atom stereocenters. The van der Waals surface area contributed by atoms with Crippen molar-refractivity contribution in [1.29, 1.82) is 0 Å². The van der Waals surface area contributed by atoms with Crippen molar-refractivity contribution in [1.82, 2.24) is 0 Å². The summed E-state index contributed by atoms with van der Waals surface area (Å²) in [5.74, 6) is -0.676. The maximum absolute atomic E-state index is 13.2. The molecule has 0 aromatic heterocycles. The third-order valence-corrected chi connectivity index (χ3v) is 4.99. The molecule has 0 aliphatic heterocycles. The minimum Gasteiger partial charge on any atom is -0.398 e. The predicted octanol–water partition coefficient (Wildman–Crippen LogP) is 3.47. The Labute approximate surface area is 134 Å². The Morgan fingerprint density at radius 3 is 2.55 bits per heavy atom. The van der Waals surface area contributed by atoms with E-state index in [1.54, 1.807) is 12.1 Å². The van der Waals surface area contributed by atoms with Crippen molar-refractivity contribution >= 4 is 55.6 Å². The van der Waals surface area contributed by atoms with Crippen molar-refractivity contribution in [2.75, 3.05) is 10.5 Å². The van der Waals surface area contributed by atoms with Gasteiger partial charge in [-0.3, -0.25) is 4.72 Å². The highest BCUT2D eigenvalue weighted by molar-refractivity contribution is 14.1. The highest BCUT2D eigenvalue weighted by atomic mass is 127. The van der Waals surface area contributed by atoms with Gasteiger partial charge in [-0.25, -0.2) is 12.8 Å². The van der Waals surface area contributed by atoms with Crippen LogP contribution in [-0.2, 0) is 10.0 Å². The quantitative estimate of drug-likeness (QED) is 0.583. The zero-order chi connectivity index (χ0) is 14.9. The average molecular weight is 427 g/mol. The van der Waals surface area contributed by atoms with Gasteiger partial charge in [0.2, 0.25) is 0 Å². The highest BCUT2D eigenvalue weighted by Crippen LogP contribution is 2.27. The van der Waals surface area contributed by atoms with Crippen LogP contribution in [-0.4, -0.2) is 8.42 Å². The summed E-state index contributed by atoms with van der Waals surface area (Å²) in [5, 5.41) is 0.489. The summed E-state index contributed by atoms with van der Waals surface area (Å²) in [7, 11) is -3.96. The summed E-state index contributed by atoms with van der Waals surface area (Å²) < 4.78 is 40.6. The van der Waals surface area contributed by atoms with Gasteiger partial charge in [-0.05, 0) is 59.0 Å². The van der Waals surface area contributed by atoms with Crippen LogP contribution in [0.3, 0.4) is 0 Å². The molecule has 3 N–H and O–H groups in total. The second-order valence-electron chi connectivity index (χ2n) is 3.91. The minimum atomic E-state index is -3.96. The number of halogens is 3. The fourth-order valence-corrected chi connectivity index (χ4v) is 3.93. The standard InChI is InChI=1S/C12H9ClFIN2O2S/c13-7-1-4-11(9(15)5-7)17-20(18,19)12-6-8(14)2-3-10(12)16/h1-6,17H,16H2. The van der Waals surface area contributed by atoms with Gasteiger partial charge in [0.15, 0.2) is 0 Å². The van der Waals surface area contributed by atoms with Gasteiger partial charge in [-0.2, -0.15) is 0 Å². The van der Waals surface area contributed by atoms with E-state index in [2.05, 4.69) is 4.72 Å². The molecular weight excluding hydrogens is 418 g/mol. The maximum Gasteiger partial charge on any atom is 0.264 e. The summed E-state index contributed by atoms with van der Waals surface area (Å²) in [4.78, 5) is -0.303. The third-order valence-electron chi connectivity index (χ3n) is 2.44. The van der Waals surface area contributed by atoms with Crippen molar-refractivity contribution < 1.29 is 12.8 Å². The first-order chi connectivity index (χ1) is 9.29. The fraction of sp³-hybridized carbons (Fsp3) is 0. The van der Waals surface area contributed by atoms with E-state index in [0.717, 1.165) is 12.1 Å². The smallest absolute Gasteiger partial charge is 0.264 e. The van der Waals surface area contributed by atoms with Crippen LogP contribution in [0.4, 0.5) is 15.8 Å². The van der Waals surface area contributed by atoms with Gasteiger partial charge in [0.1, 0.15) is 10.7 Å². The molecule has 0 aliphatic rings. The van der Waals surface area contributed by atoms with Crippen molar-refractivity contribution in [3.63, 3.8) is 0 Å². The zero-order valence-corrected chi connectivity index (χ0v) is 13.6. The fourth-order valence-electron chi connectivity index (χ4n) is 1.51. The molecule has 0 fully saturated rings. The van der Waals surface area contributed by atoms with E-state index in [9.17, 15) is 12.8 Å². The second kappa shape index (κ2) is 5.74. The first-order valence-electron chi connectivity index (χ1n) is 5.32. The molecule has 0 spiro atoms. The van der Waals surface area contributed by atoms with Crippen LogP contribution >= 0.6 is 34.2 Å². The van der Waals surface area contributed by atoms with Crippen LogP contribution in [0.15, 0.2) is 41.3 Å². The van der Waals surface area contributed by atoms with Crippen LogP contribution < -0.4 is 10.5 Å². The van der Waals surface area contributed by atoms with E-state index in [0.29, 0.717) is 14.3 Å². The van der Waals surface area contributed by atoms with E-state index >= 15 is 0 Å². The molecule has 0 amide bonds. The van der Waals surface area contributed by atoms with Crippen LogP contribution in [0.5, 0.6) is 0 Å². The highest BCUT2D eigenvalue weighted by Gasteiger charge is 2.19. The molecule has 0 aliphatic carbocycles. The molecule has 0 saturated carbocycles. The number of anilines is 2. The normalized spacial score (nSPS) is 11.3. The van der Waals surface area contributed by atoms with Crippen LogP contribution in [0, 0.1) is 9.39 Å². The Hall–Kier alpha value is -1.06. The Balaban J connectivity index is 2.43. The average Bonchev–Trinajstić information content (AvgIpc) is 2.35. The number of sulfonamides is 1. The van der Waals surface area contributed by atoms with Gasteiger partial charge in [0.25, 0.3) is 10.0 Å². The number of benzene rings is 2. The Morgan fingerprint density at radius 1 is 1.20 bits per heavy atom. The Morgan fingerprint density at radius 2 is 1.90 bits per heavy atom. The molecule has 8 heteroatoms. The largest absolute Gasteiger partial charge is 0.398 e. The molecule has 2 rings (SSSR count). The second-order valence-corrected chi connectivity index (χ2v) is 7.16. The van der Waals surface area contributed by atoms with Gasteiger partial charge in [-0.15, -0.1) is 0 Å².